The number of methoxy groups -OCH3 is 2. The van der Waals surface area contributed by atoms with Crippen molar-refractivity contribution in [1.29, 1.82) is 0 Å². The highest BCUT2D eigenvalue weighted by atomic mass is 16.5. The lowest BCUT2D eigenvalue weighted by molar-refractivity contribution is -0.137. The van der Waals surface area contributed by atoms with E-state index in [1.54, 1.807) is 32.4 Å². The van der Waals surface area contributed by atoms with Crippen molar-refractivity contribution in [3.8, 4) is 11.5 Å². The normalized spacial score (nSPS) is 13.6. The largest absolute Gasteiger partial charge is 0.497 e. The van der Waals surface area contributed by atoms with Crippen LogP contribution < -0.4 is 14.8 Å². The highest BCUT2D eigenvalue weighted by Crippen LogP contribution is 2.36. The molecule has 7 heteroatoms. The number of carbonyl (C=O) groups is 2. The molecule has 0 saturated carbocycles. The van der Waals surface area contributed by atoms with Gasteiger partial charge in [0.05, 0.1) is 25.5 Å². The number of hydrogen-bond donors (Lipinski definition) is 1. The first-order chi connectivity index (χ1) is 16.4. The molecule has 0 radical (unpaired) electrons. The smallest absolute Gasteiger partial charge is 0.278 e. The molecule has 1 heterocycles. The van der Waals surface area contributed by atoms with Crippen LogP contribution in [0.15, 0.2) is 42.1 Å². The molecule has 182 valence electrons. The van der Waals surface area contributed by atoms with Gasteiger partial charge in [0.15, 0.2) is 0 Å². The number of ether oxygens (including phenoxy) is 3. The molecule has 0 aliphatic carbocycles. The molecule has 7 nitrogen and oxygen atoms in total. The molecule has 2 aromatic carbocycles. The standard InChI is InChI=1S/C27H34N2O5/c1-6-7-14-34-15-8-13-29-26(30)24(21-11-9-18(2)16-19(21)3)25(27(29)31)28-22-17-20(32-4)10-12-23(22)33-5/h9-12,16-17,28H,6-8,13-15H2,1-5H3. The van der Waals surface area contributed by atoms with Gasteiger partial charge >= 0.3 is 0 Å². The number of hydrogen-bond acceptors (Lipinski definition) is 6. The van der Waals surface area contributed by atoms with Gasteiger partial charge in [0.2, 0.25) is 0 Å². The van der Waals surface area contributed by atoms with Gasteiger partial charge in [-0.2, -0.15) is 0 Å². The Labute approximate surface area is 201 Å². The van der Waals surface area contributed by atoms with E-state index < -0.39 is 0 Å². The lowest BCUT2D eigenvalue weighted by Crippen LogP contribution is -2.34. The van der Waals surface area contributed by atoms with Crippen LogP contribution in [0.25, 0.3) is 5.57 Å². The van der Waals surface area contributed by atoms with Gasteiger partial charge in [0, 0.05) is 25.8 Å². The predicted molar refractivity (Wildman–Crippen MR) is 133 cm³/mol. The van der Waals surface area contributed by atoms with Crippen molar-refractivity contribution >= 4 is 23.1 Å². The van der Waals surface area contributed by atoms with E-state index in [9.17, 15) is 9.59 Å². The Bertz CT molecular complexity index is 1080. The first-order valence-corrected chi connectivity index (χ1v) is 11.7. The number of rotatable bonds is 12. The molecule has 34 heavy (non-hydrogen) atoms. The van der Waals surface area contributed by atoms with E-state index in [2.05, 4.69) is 12.2 Å². The summed E-state index contributed by atoms with van der Waals surface area (Å²) >= 11 is 0. The summed E-state index contributed by atoms with van der Waals surface area (Å²) < 4.78 is 16.4. The van der Waals surface area contributed by atoms with Gasteiger partial charge in [-0.15, -0.1) is 0 Å². The maximum atomic E-state index is 13.5. The molecule has 1 aliphatic heterocycles. The Morgan fingerprint density at radius 1 is 0.912 bits per heavy atom. The van der Waals surface area contributed by atoms with Crippen LogP contribution in [0.3, 0.4) is 0 Å². The second-order valence-electron chi connectivity index (χ2n) is 8.34. The van der Waals surface area contributed by atoms with Crippen molar-refractivity contribution in [3.05, 3.63) is 58.8 Å². The number of carbonyl (C=O) groups excluding carboxylic acids is 2. The van der Waals surface area contributed by atoms with Crippen LogP contribution in [-0.2, 0) is 14.3 Å². The molecule has 0 fully saturated rings. The average Bonchev–Trinajstić information content (AvgIpc) is 3.05. The van der Waals surface area contributed by atoms with Crippen LogP contribution in [-0.4, -0.2) is 50.7 Å². The third-order valence-electron chi connectivity index (χ3n) is 5.80. The molecule has 0 aromatic heterocycles. The molecule has 0 atom stereocenters. The van der Waals surface area contributed by atoms with Gasteiger partial charge in [-0.3, -0.25) is 14.5 Å². The van der Waals surface area contributed by atoms with E-state index in [0.29, 0.717) is 48.9 Å². The van der Waals surface area contributed by atoms with Crippen molar-refractivity contribution in [2.24, 2.45) is 0 Å². The molecule has 2 amide bonds. The minimum absolute atomic E-state index is 0.232. The van der Waals surface area contributed by atoms with Gasteiger partial charge in [0.1, 0.15) is 17.2 Å². The third kappa shape index (κ3) is 5.59. The van der Waals surface area contributed by atoms with Crippen LogP contribution in [0.4, 0.5) is 5.69 Å². The highest BCUT2D eigenvalue weighted by Gasteiger charge is 2.39. The fraction of sp³-hybridized carbons (Fsp3) is 0.407. The van der Waals surface area contributed by atoms with Gasteiger partial charge in [-0.1, -0.05) is 37.1 Å². The Morgan fingerprint density at radius 2 is 1.68 bits per heavy atom. The van der Waals surface area contributed by atoms with Crippen molar-refractivity contribution in [3.63, 3.8) is 0 Å². The van der Waals surface area contributed by atoms with Gasteiger partial charge < -0.3 is 19.5 Å². The minimum atomic E-state index is -0.363. The third-order valence-corrected chi connectivity index (χ3v) is 5.80. The van der Waals surface area contributed by atoms with E-state index >= 15 is 0 Å². The zero-order chi connectivity index (χ0) is 24.7. The number of nitrogens with zero attached hydrogens (tertiary/aromatic N) is 1. The number of anilines is 1. The Kier molecular flexibility index (Phi) is 8.71. The molecular formula is C27H34N2O5. The van der Waals surface area contributed by atoms with Crippen LogP contribution in [0.5, 0.6) is 11.5 Å². The lowest BCUT2D eigenvalue weighted by Gasteiger charge is -2.16. The molecule has 0 spiro atoms. The monoisotopic (exact) mass is 466 g/mol. The fourth-order valence-electron chi connectivity index (χ4n) is 3.96. The first kappa shape index (κ1) is 25.3. The van der Waals surface area contributed by atoms with Crippen LogP contribution >= 0.6 is 0 Å². The predicted octanol–water partition coefficient (Wildman–Crippen LogP) is 4.72. The summed E-state index contributed by atoms with van der Waals surface area (Å²) in [5.41, 5.74) is 3.89. The van der Waals surface area contributed by atoms with E-state index in [1.807, 2.05) is 32.0 Å². The Morgan fingerprint density at radius 3 is 2.35 bits per heavy atom. The molecular weight excluding hydrogens is 432 g/mol. The van der Waals surface area contributed by atoms with Crippen molar-refractivity contribution in [1.82, 2.24) is 4.90 Å². The number of amides is 2. The molecule has 1 aliphatic rings. The summed E-state index contributed by atoms with van der Waals surface area (Å²) in [5, 5.41) is 3.19. The summed E-state index contributed by atoms with van der Waals surface area (Å²) in [5.74, 6) is 0.472. The molecule has 0 bridgehead atoms. The zero-order valence-corrected chi connectivity index (χ0v) is 20.7. The van der Waals surface area contributed by atoms with E-state index in [4.69, 9.17) is 14.2 Å². The summed E-state index contributed by atoms with van der Waals surface area (Å²) in [6, 6.07) is 11.1. The molecule has 0 unspecified atom stereocenters. The second kappa shape index (κ2) is 11.7. The maximum Gasteiger partial charge on any atom is 0.278 e. The van der Waals surface area contributed by atoms with E-state index in [0.717, 1.165) is 29.5 Å². The number of nitrogens with one attached hydrogen (secondary N) is 1. The summed E-state index contributed by atoms with van der Waals surface area (Å²) in [4.78, 5) is 28.3. The zero-order valence-electron chi connectivity index (χ0n) is 20.7. The Hall–Kier alpha value is -3.32. The quantitative estimate of drug-likeness (QED) is 0.360. The van der Waals surface area contributed by atoms with Crippen molar-refractivity contribution < 1.29 is 23.8 Å². The number of unbranched alkanes of at least 4 members (excludes halogenated alkanes) is 1. The molecule has 0 saturated heterocycles. The summed E-state index contributed by atoms with van der Waals surface area (Å²) in [6.45, 7) is 7.53. The van der Waals surface area contributed by atoms with E-state index in [-0.39, 0.29) is 17.5 Å². The SMILES string of the molecule is CCCCOCCCN1C(=O)C(Nc2cc(OC)ccc2OC)=C(c2ccc(C)cc2C)C1=O. The van der Waals surface area contributed by atoms with Crippen LogP contribution in [0.1, 0.15) is 42.9 Å². The first-order valence-electron chi connectivity index (χ1n) is 11.7. The van der Waals surface area contributed by atoms with Crippen molar-refractivity contribution in [2.45, 2.75) is 40.0 Å². The molecule has 3 rings (SSSR count). The van der Waals surface area contributed by atoms with Gasteiger partial charge in [0.25, 0.3) is 11.8 Å². The second-order valence-corrected chi connectivity index (χ2v) is 8.34. The Balaban J connectivity index is 1.95. The van der Waals surface area contributed by atoms with Gasteiger partial charge in [-0.05, 0) is 49.9 Å². The molecule has 2 aromatic rings. The number of aryl methyl sites for hydroxylation is 2. The van der Waals surface area contributed by atoms with Crippen LogP contribution in [0.2, 0.25) is 0 Å². The fourth-order valence-corrected chi connectivity index (χ4v) is 3.96. The van der Waals surface area contributed by atoms with Crippen LogP contribution in [0, 0.1) is 13.8 Å². The van der Waals surface area contributed by atoms with E-state index in [1.165, 1.54) is 4.90 Å². The van der Waals surface area contributed by atoms with Gasteiger partial charge in [-0.25, -0.2) is 0 Å². The summed E-state index contributed by atoms with van der Waals surface area (Å²) in [6.07, 6.45) is 2.64. The van der Waals surface area contributed by atoms with Crippen molar-refractivity contribution in [2.75, 3.05) is 39.3 Å². The molecule has 1 N–H and O–H groups in total. The highest BCUT2D eigenvalue weighted by molar-refractivity contribution is 6.36. The minimum Gasteiger partial charge on any atom is -0.497 e. The topological polar surface area (TPSA) is 77.1 Å². The number of benzene rings is 2. The average molecular weight is 467 g/mol. The summed E-state index contributed by atoms with van der Waals surface area (Å²) in [7, 11) is 3.12. The lowest BCUT2D eigenvalue weighted by atomic mass is 9.97. The maximum absolute atomic E-state index is 13.5. The number of imide groups is 1.